The number of benzene rings is 2. The Bertz CT molecular complexity index is 1070. The second-order valence-corrected chi connectivity index (χ2v) is 7.10. The zero-order chi connectivity index (χ0) is 21.3. The SMILES string of the molecule is O=C(O)[C@@H]1C[C@H]1c1cnc(OCc2cccc(-c3ccccc3C(F)(F)F)c2)cn1. The van der Waals surface area contributed by atoms with Crippen molar-refractivity contribution in [2.45, 2.75) is 25.1 Å². The van der Waals surface area contributed by atoms with Gasteiger partial charge in [-0.3, -0.25) is 9.78 Å². The van der Waals surface area contributed by atoms with Gasteiger partial charge in [0.25, 0.3) is 0 Å². The molecule has 0 amide bonds. The summed E-state index contributed by atoms with van der Waals surface area (Å²) < 4.78 is 45.5. The Morgan fingerprint density at radius 2 is 1.90 bits per heavy atom. The number of rotatable bonds is 6. The van der Waals surface area contributed by atoms with E-state index in [1.54, 1.807) is 30.3 Å². The van der Waals surface area contributed by atoms with Crippen LogP contribution in [0.5, 0.6) is 5.88 Å². The van der Waals surface area contributed by atoms with Gasteiger partial charge in [0.05, 0.1) is 29.6 Å². The minimum absolute atomic E-state index is 0.105. The summed E-state index contributed by atoms with van der Waals surface area (Å²) >= 11 is 0. The maximum atomic E-state index is 13.3. The molecule has 0 saturated heterocycles. The van der Waals surface area contributed by atoms with E-state index in [9.17, 15) is 18.0 Å². The summed E-state index contributed by atoms with van der Waals surface area (Å²) in [5.41, 5.74) is 1.15. The van der Waals surface area contributed by atoms with Gasteiger partial charge in [0.2, 0.25) is 5.88 Å². The molecule has 0 bridgehead atoms. The van der Waals surface area contributed by atoms with Crippen LogP contribution in [0.25, 0.3) is 11.1 Å². The normalized spacial score (nSPS) is 18.1. The molecule has 30 heavy (non-hydrogen) atoms. The molecule has 3 aromatic rings. The molecule has 1 heterocycles. The van der Waals surface area contributed by atoms with Crippen LogP contribution >= 0.6 is 0 Å². The number of alkyl halides is 3. The molecule has 1 aliphatic carbocycles. The van der Waals surface area contributed by atoms with E-state index in [0.29, 0.717) is 23.2 Å². The van der Waals surface area contributed by atoms with E-state index in [4.69, 9.17) is 9.84 Å². The molecule has 1 saturated carbocycles. The third kappa shape index (κ3) is 4.27. The number of hydrogen-bond donors (Lipinski definition) is 1. The summed E-state index contributed by atoms with van der Waals surface area (Å²) in [4.78, 5) is 19.3. The molecule has 8 heteroatoms. The Kier molecular flexibility index (Phi) is 5.15. The molecule has 5 nitrogen and oxygen atoms in total. The summed E-state index contributed by atoms with van der Waals surface area (Å²) in [6, 6.07) is 12.1. The van der Waals surface area contributed by atoms with Crippen LogP contribution in [0.3, 0.4) is 0 Å². The third-order valence-corrected chi connectivity index (χ3v) is 4.99. The second kappa shape index (κ2) is 7.78. The van der Waals surface area contributed by atoms with Crippen LogP contribution in [0, 0.1) is 5.92 Å². The van der Waals surface area contributed by atoms with E-state index in [1.165, 1.54) is 24.5 Å². The standard InChI is InChI=1S/C22H17F3N2O3/c23-22(24,25)18-7-2-1-6-15(18)14-5-3-4-13(8-14)12-30-20-11-26-19(10-27-20)16-9-17(16)21(28)29/h1-8,10-11,16-17H,9,12H2,(H,28,29)/t16-,17-/m1/s1. The first kappa shape index (κ1) is 19.9. The maximum absolute atomic E-state index is 13.3. The van der Waals surface area contributed by atoms with Crippen LogP contribution in [0.1, 0.15) is 29.2 Å². The Labute approximate surface area is 170 Å². The van der Waals surface area contributed by atoms with Crippen molar-refractivity contribution in [2.75, 3.05) is 0 Å². The third-order valence-electron chi connectivity index (χ3n) is 4.99. The Morgan fingerprint density at radius 1 is 1.10 bits per heavy atom. The summed E-state index contributed by atoms with van der Waals surface area (Å²) in [7, 11) is 0. The molecule has 0 unspecified atom stereocenters. The van der Waals surface area contributed by atoms with Gasteiger partial charge in [-0.25, -0.2) is 4.98 Å². The first-order valence-electron chi connectivity index (χ1n) is 9.26. The highest BCUT2D eigenvalue weighted by molar-refractivity contribution is 5.75. The van der Waals surface area contributed by atoms with Crippen LogP contribution in [-0.2, 0) is 17.6 Å². The van der Waals surface area contributed by atoms with Crippen LogP contribution < -0.4 is 4.74 Å². The van der Waals surface area contributed by atoms with Crippen molar-refractivity contribution in [2.24, 2.45) is 5.92 Å². The molecule has 1 aromatic heterocycles. The van der Waals surface area contributed by atoms with Crippen LogP contribution in [0.2, 0.25) is 0 Å². The predicted octanol–water partition coefficient (Wildman–Crippen LogP) is 4.93. The number of carboxylic acid groups (broad SMARTS) is 1. The van der Waals surface area contributed by atoms with Crippen molar-refractivity contribution in [3.05, 3.63) is 77.7 Å². The van der Waals surface area contributed by atoms with Crippen molar-refractivity contribution in [1.29, 1.82) is 0 Å². The van der Waals surface area contributed by atoms with E-state index >= 15 is 0 Å². The summed E-state index contributed by atoms with van der Waals surface area (Å²) in [5, 5.41) is 8.98. The number of halogens is 3. The van der Waals surface area contributed by atoms with Crippen molar-refractivity contribution >= 4 is 5.97 Å². The van der Waals surface area contributed by atoms with Crippen molar-refractivity contribution in [3.8, 4) is 17.0 Å². The Hall–Kier alpha value is -3.42. The average Bonchev–Trinajstić information content (AvgIpc) is 3.54. The van der Waals surface area contributed by atoms with E-state index in [2.05, 4.69) is 9.97 Å². The van der Waals surface area contributed by atoms with Gasteiger partial charge >= 0.3 is 12.1 Å². The number of hydrogen-bond acceptors (Lipinski definition) is 4. The van der Waals surface area contributed by atoms with Crippen molar-refractivity contribution < 1.29 is 27.8 Å². The predicted molar refractivity (Wildman–Crippen MR) is 102 cm³/mol. The molecule has 1 aliphatic rings. The Balaban J connectivity index is 1.45. The molecule has 1 fully saturated rings. The first-order chi connectivity index (χ1) is 14.3. The summed E-state index contributed by atoms with van der Waals surface area (Å²) in [6.07, 6.45) is -0.966. The first-order valence-corrected chi connectivity index (χ1v) is 9.26. The number of carbonyl (C=O) groups is 1. The van der Waals surface area contributed by atoms with Gasteiger partial charge in [-0.2, -0.15) is 13.2 Å². The number of aromatic nitrogens is 2. The molecule has 4 rings (SSSR count). The fourth-order valence-electron chi connectivity index (χ4n) is 3.35. The quantitative estimate of drug-likeness (QED) is 0.619. The van der Waals surface area contributed by atoms with Crippen molar-refractivity contribution in [3.63, 3.8) is 0 Å². The lowest BCUT2D eigenvalue weighted by atomic mass is 9.98. The topological polar surface area (TPSA) is 72.3 Å². The molecule has 0 spiro atoms. The molecular formula is C22H17F3N2O3. The monoisotopic (exact) mass is 414 g/mol. The molecular weight excluding hydrogens is 397 g/mol. The van der Waals surface area contributed by atoms with Gasteiger partial charge in [-0.1, -0.05) is 36.4 Å². The van der Waals surface area contributed by atoms with E-state index in [-0.39, 0.29) is 24.0 Å². The number of ether oxygens (including phenoxy) is 1. The smallest absolute Gasteiger partial charge is 0.417 e. The summed E-state index contributed by atoms with van der Waals surface area (Å²) in [5.74, 6) is -1.11. The van der Waals surface area contributed by atoms with E-state index in [1.807, 2.05) is 0 Å². The van der Waals surface area contributed by atoms with E-state index < -0.39 is 23.6 Å². The molecule has 2 aromatic carbocycles. The van der Waals surface area contributed by atoms with Gasteiger partial charge in [-0.15, -0.1) is 0 Å². The minimum Gasteiger partial charge on any atom is -0.481 e. The second-order valence-electron chi connectivity index (χ2n) is 7.10. The molecule has 2 atom stereocenters. The lowest BCUT2D eigenvalue weighted by Gasteiger charge is -2.13. The maximum Gasteiger partial charge on any atom is 0.417 e. The van der Waals surface area contributed by atoms with Crippen LogP contribution in [0.4, 0.5) is 13.2 Å². The highest BCUT2D eigenvalue weighted by Crippen LogP contribution is 2.46. The van der Waals surface area contributed by atoms with Crippen LogP contribution in [0.15, 0.2) is 60.9 Å². The van der Waals surface area contributed by atoms with Crippen LogP contribution in [-0.4, -0.2) is 21.0 Å². The lowest BCUT2D eigenvalue weighted by Crippen LogP contribution is -2.07. The molecule has 154 valence electrons. The largest absolute Gasteiger partial charge is 0.481 e. The molecule has 1 N–H and O–H groups in total. The van der Waals surface area contributed by atoms with Gasteiger partial charge in [0.15, 0.2) is 0 Å². The van der Waals surface area contributed by atoms with Gasteiger partial charge < -0.3 is 9.84 Å². The Morgan fingerprint density at radius 3 is 2.57 bits per heavy atom. The summed E-state index contributed by atoms with van der Waals surface area (Å²) in [6.45, 7) is 0.108. The number of carboxylic acids is 1. The fourth-order valence-corrected chi connectivity index (χ4v) is 3.35. The lowest BCUT2D eigenvalue weighted by molar-refractivity contribution is -0.139. The minimum atomic E-state index is -4.44. The molecule has 0 aliphatic heterocycles. The molecule has 0 radical (unpaired) electrons. The van der Waals surface area contributed by atoms with E-state index in [0.717, 1.165) is 6.07 Å². The average molecular weight is 414 g/mol. The van der Waals surface area contributed by atoms with Gasteiger partial charge in [-0.05, 0) is 35.2 Å². The highest BCUT2D eigenvalue weighted by Gasteiger charge is 2.45. The van der Waals surface area contributed by atoms with Gasteiger partial charge in [0.1, 0.15) is 6.61 Å². The highest BCUT2D eigenvalue weighted by atomic mass is 19.4. The zero-order valence-electron chi connectivity index (χ0n) is 15.6. The zero-order valence-corrected chi connectivity index (χ0v) is 15.6. The number of aliphatic carboxylic acids is 1. The number of nitrogens with zero attached hydrogens (tertiary/aromatic N) is 2. The van der Waals surface area contributed by atoms with Gasteiger partial charge in [0, 0.05) is 5.92 Å². The fraction of sp³-hybridized carbons (Fsp3) is 0.227. The van der Waals surface area contributed by atoms with Crippen molar-refractivity contribution in [1.82, 2.24) is 9.97 Å².